The molecular formula is C11H14N4O3. The number of rotatable bonds is 4. The average Bonchev–Trinajstić information content (AvgIpc) is 2.75. The van der Waals surface area contributed by atoms with Crippen molar-refractivity contribution in [3.05, 3.63) is 30.7 Å². The number of fused-ring (bicyclic) bond motifs is 1. The molecule has 1 amide bonds. The molecule has 0 bridgehead atoms. The smallest absolute Gasteiger partial charge is 0.243 e. The third kappa shape index (κ3) is 2.41. The fraction of sp³-hybridized carbons (Fsp3) is 0.273. The van der Waals surface area contributed by atoms with Gasteiger partial charge < -0.3 is 14.0 Å². The van der Waals surface area contributed by atoms with Crippen molar-refractivity contribution < 1.29 is 14.3 Å². The molecule has 96 valence electrons. The van der Waals surface area contributed by atoms with Crippen LogP contribution in [-0.2, 0) is 14.3 Å². The zero-order chi connectivity index (χ0) is 13.0. The first-order valence-electron chi connectivity index (χ1n) is 5.36. The highest BCUT2D eigenvalue weighted by Gasteiger charge is 2.20. The Labute approximate surface area is 104 Å². The van der Waals surface area contributed by atoms with E-state index in [1.807, 2.05) is 0 Å². The van der Waals surface area contributed by atoms with Crippen molar-refractivity contribution in [2.24, 2.45) is 5.84 Å². The van der Waals surface area contributed by atoms with Crippen molar-refractivity contribution in [2.75, 3.05) is 13.7 Å². The minimum atomic E-state index is -0.275. The summed E-state index contributed by atoms with van der Waals surface area (Å²) < 4.78 is 11.7. The maximum atomic E-state index is 11.8. The van der Waals surface area contributed by atoms with Crippen LogP contribution in [-0.4, -0.2) is 34.2 Å². The second-order valence-electron chi connectivity index (χ2n) is 3.59. The van der Waals surface area contributed by atoms with Crippen LogP contribution in [0.25, 0.3) is 11.9 Å². The molecule has 0 aromatic carbocycles. The number of aromatic nitrogens is 2. The number of hydrogen-bond donors (Lipinski definition) is 1. The lowest BCUT2D eigenvalue weighted by Gasteiger charge is -2.18. The maximum absolute atomic E-state index is 11.8. The lowest BCUT2D eigenvalue weighted by atomic mass is 10.3. The van der Waals surface area contributed by atoms with E-state index in [9.17, 15) is 4.79 Å². The van der Waals surface area contributed by atoms with Crippen molar-refractivity contribution in [3.8, 4) is 0 Å². The standard InChI is InChI=1S/C11H14N4O3/c1-17-6-2-10(16)15(12)9-8-18-7-5-14-4-3-13-11(9)14/h3-5,7-8H,2,6,12H2,1H3. The Bertz CT molecular complexity index is 492. The molecular weight excluding hydrogens is 236 g/mol. The second-order valence-corrected chi connectivity index (χ2v) is 3.59. The monoisotopic (exact) mass is 250 g/mol. The van der Waals surface area contributed by atoms with E-state index in [2.05, 4.69) is 4.98 Å². The van der Waals surface area contributed by atoms with Gasteiger partial charge in [-0.05, 0) is 0 Å². The number of amides is 1. The highest BCUT2D eigenvalue weighted by Crippen LogP contribution is 2.18. The van der Waals surface area contributed by atoms with E-state index < -0.39 is 0 Å². The molecule has 0 unspecified atom stereocenters. The summed E-state index contributed by atoms with van der Waals surface area (Å²) in [7, 11) is 1.53. The fourth-order valence-electron chi connectivity index (χ4n) is 1.50. The highest BCUT2D eigenvalue weighted by atomic mass is 16.5. The Morgan fingerprint density at radius 2 is 2.50 bits per heavy atom. The van der Waals surface area contributed by atoms with Gasteiger partial charge >= 0.3 is 0 Å². The molecule has 0 spiro atoms. The van der Waals surface area contributed by atoms with Gasteiger partial charge in [-0.15, -0.1) is 0 Å². The normalized spacial score (nSPS) is 13.3. The molecule has 0 radical (unpaired) electrons. The number of nitrogens with two attached hydrogens (primary N) is 1. The number of carbonyl (C=O) groups excluding carboxylic acids is 1. The number of ether oxygens (including phenoxy) is 2. The summed E-state index contributed by atoms with van der Waals surface area (Å²) in [5.41, 5.74) is 0.395. The molecule has 1 aromatic heterocycles. The van der Waals surface area contributed by atoms with Gasteiger partial charge in [-0.1, -0.05) is 0 Å². The third-order valence-electron chi connectivity index (χ3n) is 2.43. The first kappa shape index (κ1) is 12.3. The first-order valence-corrected chi connectivity index (χ1v) is 5.36. The van der Waals surface area contributed by atoms with Gasteiger partial charge in [0.1, 0.15) is 18.2 Å². The molecule has 1 aliphatic heterocycles. The Morgan fingerprint density at radius 3 is 3.28 bits per heavy atom. The van der Waals surface area contributed by atoms with E-state index in [0.717, 1.165) is 5.01 Å². The molecule has 0 fully saturated rings. The molecule has 0 saturated carbocycles. The van der Waals surface area contributed by atoms with Gasteiger partial charge in [0.25, 0.3) is 0 Å². The summed E-state index contributed by atoms with van der Waals surface area (Å²) in [5.74, 6) is 6.04. The number of imidazole rings is 1. The van der Waals surface area contributed by atoms with Crippen LogP contribution in [0.2, 0.25) is 0 Å². The Hall–Kier alpha value is -2.12. The van der Waals surface area contributed by atoms with E-state index >= 15 is 0 Å². The molecule has 7 heteroatoms. The van der Waals surface area contributed by atoms with Crippen LogP contribution < -0.4 is 5.84 Å². The van der Waals surface area contributed by atoms with Gasteiger partial charge in [0, 0.05) is 25.7 Å². The summed E-state index contributed by atoms with van der Waals surface area (Å²) >= 11 is 0. The predicted molar refractivity (Wildman–Crippen MR) is 64.1 cm³/mol. The number of methoxy groups -OCH3 is 1. The Balaban J connectivity index is 2.19. The van der Waals surface area contributed by atoms with Crippen molar-refractivity contribution in [2.45, 2.75) is 6.42 Å². The zero-order valence-corrected chi connectivity index (χ0v) is 9.94. The number of hydrazine groups is 1. The van der Waals surface area contributed by atoms with E-state index in [1.54, 1.807) is 23.2 Å². The third-order valence-corrected chi connectivity index (χ3v) is 2.43. The topological polar surface area (TPSA) is 82.6 Å². The van der Waals surface area contributed by atoms with Crippen LogP contribution in [0.5, 0.6) is 0 Å². The van der Waals surface area contributed by atoms with Crippen LogP contribution in [0.4, 0.5) is 0 Å². The van der Waals surface area contributed by atoms with Crippen LogP contribution in [0.3, 0.4) is 0 Å². The van der Waals surface area contributed by atoms with E-state index in [0.29, 0.717) is 18.1 Å². The van der Waals surface area contributed by atoms with Crippen LogP contribution in [0, 0.1) is 0 Å². The SMILES string of the molecule is COCCC(=O)N(N)C1=COC=Cn2ccnc21. The minimum Gasteiger partial charge on any atom is -0.469 e. The predicted octanol–water partition coefficient (Wildman–Crippen LogP) is 0.379. The van der Waals surface area contributed by atoms with Gasteiger partial charge in [-0.25, -0.2) is 15.8 Å². The van der Waals surface area contributed by atoms with E-state index in [1.165, 1.54) is 19.6 Å². The van der Waals surface area contributed by atoms with Gasteiger partial charge in [-0.3, -0.25) is 4.79 Å². The van der Waals surface area contributed by atoms with Gasteiger partial charge in [0.05, 0.1) is 13.0 Å². The van der Waals surface area contributed by atoms with Crippen LogP contribution in [0.1, 0.15) is 12.2 Å². The lowest BCUT2D eigenvalue weighted by Crippen LogP contribution is -2.37. The summed E-state index contributed by atoms with van der Waals surface area (Å²) in [6.45, 7) is 0.313. The molecule has 0 aliphatic carbocycles. The highest BCUT2D eigenvalue weighted by molar-refractivity contribution is 5.85. The molecule has 0 atom stereocenters. The Morgan fingerprint density at radius 1 is 1.67 bits per heavy atom. The minimum absolute atomic E-state index is 0.193. The van der Waals surface area contributed by atoms with Crippen molar-refractivity contribution in [1.82, 2.24) is 14.6 Å². The molecule has 2 heterocycles. The molecule has 18 heavy (non-hydrogen) atoms. The quantitative estimate of drug-likeness (QED) is 0.474. The summed E-state index contributed by atoms with van der Waals surface area (Å²) in [4.78, 5) is 16.0. The van der Waals surface area contributed by atoms with Crippen LogP contribution in [0.15, 0.2) is 24.9 Å². The lowest BCUT2D eigenvalue weighted by molar-refractivity contribution is -0.129. The first-order chi connectivity index (χ1) is 8.74. The molecule has 1 aromatic rings. The summed E-state index contributed by atoms with van der Waals surface area (Å²) in [6.07, 6.45) is 8.09. The van der Waals surface area contributed by atoms with Crippen molar-refractivity contribution in [3.63, 3.8) is 0 Å². The second kappa shape index (κ2) is 5.48. The van der Waals surface area contributed by atoms with Gasteiger partial charge in [-0.2, -0.15) is 0 Å². The van der Waals surface area contributed by atoms with Crippen molar-refractivity contribution in [1.29, 1.82) is 0 Å². The molecule has 2 N–H and O–H groups in total. The number of carbonyl (C=O) groups is 1. The van der Waals surface area contributed by atoms with Crippen molar-refractivity contribution >= 4 is 17.8 Å². The van der Waals surface area contributed by atoms with E-state index in [4.69, 9.17) is 15.3 Å². The average molecular weight is 250 g/mol. The summed E-state index contributed by atoms with van der Waals surface area (Å²) in [5, 5.41) is 1.02. The maximum Gasteiger partial charge on any atom is 0.243 e. The van der Waals surface area contributed by atoms with Gasteiger partial charge in [0.2, 0.25) is 5.91 Å². The van der Waals surface area contributed by atoms with E-state index in [-0.39, 0.29) is 12.3 Å². The molecule has 1 aliphatic rings. The zero-order valence-electron chi connectivity index (χ0n) is 9.94. The molecule has 7 nitrogen and oxygen atoms in total. The molecule has 0 saturated heterocycles. The summed E-state index contributed by atoms with van der Waals surface area (Å²) in [6, 6.07) is 0. The molecule has 2 rings (SSSR count). The fourth-order valence-corrected chi connectivity index (χ4v) is 1.50. The number of nitrogens with zero attached hydrogens (tertiary/aromatic N) is 3. The van der Waals surface area contributed by atoms with Gasteiger partial charge in [0.15, 0.2) is 5.82 Å². The number of hydrogen-bond acceptors (Lipinski definition) is 5. The largest absolute Gasteiger partial charge is 0.469 e. The van der Waals surface area contributed by atoms with Crippen LogP contribution >= 0.6 is 0 Å². The Kier molecular flexibility index (Phi) is 3.75.